The van der Waals surface area contributed by atoms with Crippen molar-refractivity contribution in [3.05, 3.63) is 63.2 Å². The number of benzene rings is 2. The Morgan fingerprint density at radius 2 is 1.75 bits per heavy atom. The van der Waals surface area contributed by atoms with Crippen molar-refractivity contribution >= 4 is 22.6 Å². The van der Waals surface area contributed by atoms with Gasteiger partial charge in [0, 0.05) is 9.13 Å². The van der Waals surface area contributed by atoms with Crippen molar-refractivity contribution in [1.82, 2.24) is 5.32 Å². The summed E-state index contributed by atoms with van der Waals surface area (Å²) in [6, 6.07) is 17.1. The van der Waals surface area contributed by atoms with E-state index >= 15 is 0 Å². The van der Waals surface area contributed by atoms with Crippen LogP contribution in [0.2, 0.25) is 0 Å². The lowest BCUT2D eigenvalue weighted by Gasteiger charge is -2.21. The molecule has 1 N–H and O–H groups in total. The predicted octanol–water partition coefficient (Wildman–Crippen LogP) is 4.39. The van der Waals surface area contributed by atoms with Crippen molar-refractivity contribution in [3.63, 3.8) is 0 Å². The Balaban J connectivity index is 2.40. The van der Waals surface area contributed by atoms with Gasteiger partial charge in [0.15, 0.2) is 0 Å². The van der Waals surface area contributed by atoms with Gasteiger partial charge < -0.3 is 10.1 Å². The van der Waals surface area contributed by atoms with Crippen molar-refractivity contribution in [1.29, 1.82) is 0 Å². The first-order valence-electron chi connectivity index (χ1n) is 6.96. The zero-order chi connectivity index (χ0) is 14.4. The first-order valence-corrected chi connectivity index (χ1v) is 8.04. The van der Waals surface area contributed by atoms with Crippen LogP contribution in [0, 0.1) is 3.57 Å². The summed E-state index contributed by atoms with van der Waals surface area (Å²) < 4.78 is 7.02. The molecular formula is C17H20INO. The van der Waals surface area contributed by atoms with Gasteiger partial charge in [0.1, 0.15) is 5.75 Å². The van der Waals surface area contributed by atoms with Crippen LogP contribution in [0.4, 0.5) is 0 Å². The van der Waals surface area contributed by atoms with E-state index in [9.17, 15) is 0 Å². The monoisotopic (exact) mass is 381 g/mol. The second-order valence-electron chi connectivity index (χ2n) is 4.51. The highest BCUT2D eigenvalue weighted by molar-refractivity contribution is 14.1. The van der Waals surface area contributed by atoms with Gasteiger partial charge in [-0.2, -0.15) is 0 Å². The highest BCUT2D eigenvalue weighted by atomic mass is 127. The maximum absolute atomic E-state index is 5.77. The summed E-state index contributed by atoms with van der Waals surface area (Å²) in [6.07, 6.45) is 0. The zero-order valence-corrected chi connectivity index (χ0v) is 14.1. The molecule has 1 atom stereocenters. The van der Waals surface area contributed by atoms with Crippen molar-refractivity contribution in [3.8, 4) is 5.75 Å². The number of hydrogen-bond donors (Lipinski definition) is 1. The van der Waals surface area contributed by atoms with Gasteiger partial charge in [-0.15, -0.1) is 0 Å². The molecule has 1 unspecified atom stereocenters. The van der Waals surface area contributed by atoms with E-state index in [0.717, 1.165) is 12.3 Å². The Bertz CT molecular complexity index is 539. The van der Waals surface area contributed by atoms with E-state index in [1.807, 2.05) is 19.1 Å². The summed E-state index contributed by atoms with van der Waals surface area (Å²) in [5.41, 5.74) is 2.46. The lowest BCUT2D eigenvalue weighted by Crippen LogP contribution is -2.22. The molecule has 106 valence electrons. The molecule has 0 spiro atoms. The Labute approximate surface area is 134 Å². The summed E-state index contributed by atoms with van der Waals surface area (Å²) in [4.78, 5) is 0. The SMILES string of the molecule is CCNC(c1ccc(I)cc1)c1ccccc1OCC. The first kappa shape index (κ1) is 15.3. The predicted molar refractivity (Wildman–Crippen MR) is 92.3 cm³/mol. The number of nitrogens with one attached hydrogen (secondary N) is 1. The van der Waals surface area contributed by atoms with Crippen molar-refractivity contribution in [2.24, 2.45) is 0 Å². The lowest BCUT2D eigenvalue weighted by molar-refractivity contribution is 0.333. The van der Waals surface area contributed by atoms with E-state index in [4.69, 9.17) is 4.74 Å². The minimum atomic E-state index is 0.166. The minimum absolute atomic E-state index is 0.166. The molecule has 0 fully saturated rings. The summed E-state index contributed by atoms with van der Waals surface area (Å²) in [5.74, 6) is 0.958. The van der Waals surface area contributed by atoms with Crippen LogP contribution in [-0.4, -0.2) is 13.2 Å². The van der Waals surface area contributed by atoms with Crippen LogP contribution in [0.15, 0.2) is 48.5 Å². The van der Waals surface area contributed by atoms with Gasteiger partial charge in [-0.25, -0.2) is 0 Å². The number of hydrogen-bond acceptors (Lipinski definition) is 2. The molecule has 0 aromatic heterocycles. The molecule has 0 aliphatic carbocycles. The van der Waals surface area contributed by atoms with Crippen LogP contribution in [0.25, 0.3) is 0 Å². The molecule has 3 heteroatoms. The normalized spacial score (nSPS) is 12.2. The smallest absolute Gasteiger partial charge is 0.124 e. The van der Waals surface area contributed by atoms with Crippen LogP contribution in [0.1, 0.15) is 31.0 Å². The van der Waals surface area contributed by atoms with E-state index in [1.54, 1.807) is 0 Å². The fourth-order valence-corrected chi connectivity index (χ4v) is 2.63. The lowest BCUT2D eigenvalue weighted by atomic mass is 9.98. The average molecular weight is 381 g/mol. The van der Waals surface area contributed by atoms with Crippen LogP contribution in [0.3, 0.4) is 0 Å². The first-order chi connectivity index (χ1) is 9.76. The quantitative estimate of drug-likeness (QED) is 0.750. The molecule has 0 aliphatic rings. The fourth-order valence-electron chi connectivity index (χ4n) is 2.27. The number of halogens is 1. The highest BCUT2D eigenvalue weighted by Crippen LogP contribution is 2.30. The van der Waals surface area contributed by atoms with Crippen LogP contribution in [-0.2, 0) is 0 Å². The van der Waals surface area contributed by atoms with Gasteiger partial charge in [-0.1, -0.05) is 37.3 Å². The maximum Gasteiger partial charge on any atom is 0.124 e. The third kappa shape index (κ3) is 3.73. The molecule has 20 heavy (non-hydrogen) atoms. The standard InChI is InChI=1S/C17H20INO/c1-3-19-17(13-9-11-14(18)12-10-13)15-7-5-6-8-16(15)20-4-2/h5-12,17,19H,3-4H2,1-2H3. The van der Waals surface area contributed by atoms with Crippen molar-refractivity contribution in [2.75, 3.05) is 13.2 Å². The molecule has 2 rings (SSSR count). The van der Waals surface area contributed by atoms with Crippen LogP contribution < -0.4 is 10.1 Å². The summed E-state index contributed by atoms with van der Waals surface area (Å²) >= 11 is 2.33. The molecule has 0 aliphatic heterocycles. The molecule has 0 heterocycles. The summed E-state index contributed by atoms with van der Waals surface area (Å²) in [7, 11) is 0. The van der Waals surface area contributed by atoms with Gasteiger partial charge >= 0.3 is 0 Å². The molecule has 0 amide bonds. The molecule has 0 saturated carbocycles. The van der Waals surface area contributed by atoms with E-state index in [0.29, 0.717) is 6.61 Å². The van der Waals surface area contributed by atoms with E-state index in [1.165, 1.54) is 14.7 Å². The Morgan fingerprint density at radius 1 is 1.05 bits per heavy atom. The highest BCUT2D eigenvalue weighted by Gasteiger charge is 2.16. The molecule has 2 aromatic carbocycles. The van der Waals surface area contributed by atoms with Gasteiger partial charge in [0.2, 0.25) is 0 Å². The van der Waals surface area contributed by atoms with E-state index in [-0.39, 0.29) is 6.04 Å². The van der Waals surface area contributed by atoms with Crippen LogP contribution in [0.5, 0.6) is 5.75 Å². The molecule has 0 radical (unpaired) electrons. The Kier molecular flexibility index (Phi) is 5.86. The summed E-state index contributed by atoms with van der Waals surface area (Å²) in [6.45, 7) is 5.74. The zero-order valence-electron chi connectivity index (χ0n) is 11.9. The third-order valence-corrected chi connectivity index (χ3v) is 3.86. The second-order valence-corrected chi connectivity index (χ2v) is 5.76. The number of rotatable bonds is 6. The Morgan fingerprint density at radius 3 is 2.40 bits per heavy atom. The molecule has 0 bridgehead atoms. The third-order valence-electron chi connectivity index (χ3n) is 3.14. The summed E-state index contributed by atoms with van der Waals surface area (Å²) in [5, 5.41) is 3.55. The molecular weight excluding hydrogens is 361 g/mol. The van der Waals surface area contributed by atoms with E-state index < -0.39 is 0 Å². The largest absolute Gasteiger partial charge is 0.494 e. The van der Waals surface area contributed by atoms with Gasteiger partial charge in [0.25, 0.3) is 0 Å². The average Bonchev–Trinajstić information content (AvgIpc) is 2.47. The maximum atomic E-state index is 5.77. The minimum Gasteiger partial charge on any atom is -0.494 e. The molecule has 0 saturated heterocycles. The number of ether oxygens (including phenoxy) is 1. The van der Waals surface area contributed by atoms with E-state index in [2.05, 4.69) is 71.2 Å². The topological polar surface area (TPSA) is 21.3 Å². The van der Waals surface area contributed by atoms with Gasteiger partial charge in [-0.3, -0.25) is 0 Å². The molecule has 2 nitrogen and oxygen atoms in total. The second kappa shape index (κ2) is 7.64. The van der Waals surface area contributed by atoms with Crippen molar-refractivity contribution < 1.29 is 4.74 Å². The fraction of sp³-hybridized carbons (Fsp3) is 0.294. The van der Waals surface area contributed by atoms with Gasteiger partial charge in [0.05, 0.1) is 12.6 Å². The number of para-hydroxylation sites is 1. The van der Waals surface area contributed by atoms with Crippen LogP contribution >= 0.6 is 22.6 Å². The Hall–Kier alpha value is -1.07. The van der Waals surface area contributed by atoms with Gasteiger partial charge in [-0.05, 0) is 59.8 Å². The molecule has 2 aromatic rings. The van der Waals surface area contributed by atoms with Crippen molar-refractivity contribution in [2.45, 2.75) is 19.9 Å².